The molecule has 0 aliphatic rings. The van der Waals surface area contributed by atoms with Gasteiger partial charge in [-0.2, -0.15) is 18.2 Å². The maximum atomic E-state index is 12.5. The fourth-order valence-electron chi connectivity index (χ4n) is 1.91. The third-order valence-corrected chi connectivity index (χ3v) is 3.03. The summed E-state index contributed by atoms with van der Waals surface area (Å²) in [7, 11) is 0. The van der Waals surface area contributed by atoms with Crippen LogP contribution in [0, 0.1) is 0 Å². The summed E-state index contributed by atoms with van der Waals surface area (Å²) in [4.78, 5) is 4.08. The van der Waals surface area contributed by atoms with Crippen LogP contribution in [0.5, 0.6) is 5.75 Å². The van der Waals surface area contributed by atoms with E-state index < -0.39 is 11.7 Å². The zero-order valence-electron chi connectivity index (χ0n) is 11.0. The number of phenols is 1. The standard InChI is InChI=1S/C15H9F3N2O2/c16-15(17,18)10-7-5-9(6-8-10)13-19-14(22-20-13)11-3-1-2-4-12(11)21/h1-8,21H. The minimum atomic E-state index is -4.39. The molecule has 1 heterocycles. The smallest absolute Gasteiger partial charge is 0.416 e. The van der Waals surface area contributed by atoms with Crippen molar-refractivity contribution in [3.05, 3.63) is 54.1 Å². The minimum Gasteiger partial charge on any atom is -0.507 e. The lowest BCUT2D eigenvalue weighted by atomic mass is 10.1. The number of para-hydroxylation sites is 1. The average molecular weight is 306 g/mol. The lowest BCUT2D eigenvalue weighted by Crippen LogP contribution is -2.04. The van der Waals surface area contributed by atoms with E-state index in [0.717, 1.165) is 12.1 Å². The third kappa shape index (κ3) is 2.65. The van der Waals surface area contributed by atoms with Crippen LogP contribution in [0.4, 0.5) is 13.2 Å². The predicted molar refractivity (Wildman–Crippen MR) is 71.8 cm³/mol. The van der Waals surface area contributed by atoms with Gasteiger partial charge in [-0.05, 0) is 24.3 Å². The molecule has 3 rings (SSSR count). The largest absolute Gasteiger partial charge is 0.507 e. The van der Waals surface area contributed by atoms with E-state index in [-0.39, 0.29) is 17.5 Å². The van der Waals surface area contributed by atoms with Crippen LogP contribution in [-0.2, 0) is 6.18 Å². The van der Waals surface area contributed by atoms with Gasteiger partial charge in [0.15, 0.2) is 0 Å². The zero-order valence-corrected chi connectivity index (χ0v) is 11.0. The molecule has 1 aromatic heterocycles. The molecular formula is C15H9F3N2O2. The van der Waals surface area contributed by atoms with Crippen molar-refractivity contribution in [1.82, 2.24) is 10.1 Å². The van der Waals surface area contributed by atoms with Crippen LogP contribution in [0.3, 0.4) is 0 Å². The Labute approximate surface area is 122 Å². The molecule has 2 aromatic carbocycles. The number of benzene rings is 2. The number of nitrogens with zero attached hydrogens (tertiary/aromatic N) is 2. The molecule has 4 nitrogen and oxygen atoms in total. The first kappa shape index (κ1) is 14.1. The van der Waals surface area contributed by atoms with Gasteiger partial charge in [-0.25, -0.2) is 0 Å². The first-order valence-electron chi connectivity index (χ1n) is 6.25. The molecule has 0 bridgehead atoms. The second kappa shape index (κ2) is 5.18. The molecule has 0 aliphatic carbocycles. The summed E-state index contributed by atoms with van der Waals surface area (Å²) in [5.74, 6) is 0.213. The molecule has 3 aromatic rings. The van der Waals surface area contributed by atoms with E-state index in [1.807, 2.05) is 0 Å². The summed E-state index contributed by atoms with van der Waals surface area (Å²) < 4.78 is 42.6. The van der Waals surface area contributed by atoms with Crippen LogP contribution in [0.1, 0.15) is 5.56 Å². The summed E-state index contributed by atoms with van der Waals surface area (Å²) >= 11 is 0. The number of aromatic hydroxyl groups is 1. The van der Waals surface area contributed by atoms with Crippen LogP contribution in [0.15, 0.2) is 53.1 Å². The van der Waals surface area contributed by atoms with Gasteiger partial charge in [-0.3, -0.25) is 0 Å². The Morgan fingerprint density at radius 3 is 2.27 bits per heavy atom. The third-order valence-electron chi connectivity index (χ3n) is 3.03. The van der Waals surface area contributed by atoms with Crippen molar-refractivity contribution in [2.75, 3.05) is 0 Å². The Morgan fingerprint density at radius 2 is 1.64 bits per heavy atom. The molecule has 0 radical (unpaired) electrons. The molecule has 22 heavy (non-hydrogen) atoms. The topological polar surface area (TPSA) is 59.2 Å². The number of alkyl halides is 3. The first-order chi connectivity index (χ1) is 10.4. The summed E-state index contributed by atoms with van der Waals surface area (Å²) in [5.41, 5.74) is -0.00717. The van der Waals surface area contributed by atoms with Crippen molar-refractivity contribution in [1.29, 1.82) is 0 Å². The monoisotopic (exact) mass is 306 g/mol. The molecule has 0 saturated carbocycles. The Morgan fingerprint density at radius 1 is 0.955 bits per heavy atom. The number of hydrogen-bond donors (Lipinski definition) is 1. The van der Waals surface area contributed by atoms with Crippen LogP contribution in [0.25, 0.3) is 22.8 Å². The van der Waals surface area contributed by atoms with Crippen LogP contribution in [0.2, 0.25) is 0 Å². The van der Waals surface area contributed by atoms with Gasteiger partial charge in [-0.15, -0.1) is 0 Å². The summed E-state index contributed by atoms with van der Waals surface area (Å²) in [5, 5.41) is 13.4. The number of rotatable bonds is 2. The van der Waals surface area contributed by atoms with Crippen molar-refractivity contribution >= 4 is 0 Å². The van der Waals surface area contributed by atoms with Gasteiger partial charge in [0.25, 0.3) is 5.89 Å². The lowest BCUT2D eigenvalue weighted by molar-refractivity contribution is -0.137. The highest BCUT2D eigenvalue weighted by molar-refractivity contribution is 5.64. The number of aromatic nitrogens is 2. The second-order valence-electron chi connectivity index (χ2n) is 4.52. The van der Waals surface area contributed by atoms with Crippen molar-refractivity contribution in [3.8, 4) is 28.6 Å². The van der Waals surface area contributed by atoms with Crippen LogP contribution < -0.4 is 0 Å². The molecule has 0 saturated heterocycles. The lowest BCUT2D eigenvalue weighted by Gasteiger charge is -2.05. The molecule has 0 atom stereocenters. The average Bonchev–Trinajstić information content (AvgIpc) is 2.96. The molecule has 0 unspecified atom stereocenters. The summed E-state index contributed by atoms with van der Waals surface area (Å²) in [6.45, 7) is 0. The van der Waals surface area contributed by atoms with E-state index in [2.05, 4.69) is 10.1 Å². The fourth-order valence-corrected chi connectivity index (χ4v) is 1.91. The molecule has 1 N–H and O–H groups in total. The molecule has 0 aliphatic heterocycles. The molecular weight excluding hydrogens is 297 g/mol. The highest BCUT2D eigenvalue weighted by Crippen LogP contribution is 2.32. The van der Waals surface area contributed by atoms with E-state index in [1.165, 1.54) is 18.2 Å². The Hall–Kier alpha value is -2.83. The quantitative estimate of drug-likeness (QED) is 0.773. The van der Waals surface area contributed by atoms with Crippen LogP contribution in [-0.4, -0.2) is 15.2 Å². The molecule has 0 fully saturated rings. The van der Waals surface area contributed by atoms with Gasteiger partial charge in [-0.1, -0.05) is 29.4 Å². The fraction of sp³-hybridized carbons (Fsp3) is 0.0667. The number of halogens is 3. The van der Waals surface area contributed by atoms with Gasteiger partial charge < -0.3 is 9.63 Å². The van der Waals surface area contributed by atoms with E-state index in [4.69, 9.17) is 4.52 Å². The predicted octanol–water partition coefficient (Wildman–Crippen LogP) is 4.13. The van der Waals surface area contributed by atoms with E-state index in [9.17, 15) is 18.3 Å². The maximum absolute atomic E-state index is 12.5. The van der Waals surface area contributed by atoms with Crippen LogP contribution >= 0.6 is 0 Å². The minimum absolute atomic E-state index is 0.0230. The van der Waals surface area contributed by atoms with Gasteiger partial charge in [0, 0.05) is 5.56 Å². The van der Waals surface area contributed by atoms with Crippen molar-refractivity contribution in [3.63, 3.8) is 0 Å². The zero-order chi connectivity index (χ0) is 15.7. The normalized spacial score (nSPS) is 11.6. The van der Waals surface area contributed by atoms with E-state index >= 15 is 0 Å². The van der Waals surface area contributed by atoms with Gasteiger partial charge >= 0.3 is 6.18 Å². The van der Waals surface area contributed by atoms with Gasteiger partial charge in [0.1, 0.15) is 5.75 Å². The van der Waals surface area contributed by atoms with Crippen molar-refractivity contribution < 1.29 is 22.8 Å². The first-order valence-corrected chi connectivity index (χ1v) is 6.25. The summed E-state index contributed by atoms with van der Waals surface area (Å²) in [6.07, 6.45) is -4.39. The highest BCUT2D eigenvalue weighted by atomic mass is 19.4. The van der Waals surface area contributed by atoms with Gasteiger partial charge in [0.2, 0.25) is 5.82 Å². The molecule has 7 heteroatoms. The van der Waals surface area contributed by atoms with Crippen molar-refractivity contribution in [2.24, 2.45) is 0 Å². The number of hydrogen-bond acceptors (Lipinski definition) is 4. The Balaban J connectivity index is 1.93. The molecule has 112 valence electrons. The Kier molecular flexibility index (Phi) is 3.32. The van der Waals surface area contributed by atoms with Gasteiger partial charge in [0.05, 0.1) is 11.1 Å². The second-order valence-corrected chi connectivity index (χ2v) is 4.52. The van der Waals surface area contributed by atoms with E-state index in [0.29, 0.717) is 11.1 Å². The highest BCUT2D eigenvalue weighted by Gasteiger charge is 2.30. The summed E-state index contributed by atoms with van der Waals surface area (Å²) in [6, 6.07) is 10.8. The van der Waals surface area contributed by atoms with E-state index in [1.54, 1.807) is 18.2 Å². The molecule has 0 amide bonds. The Bertz CT molecular complexity index is 795. The SMILES string of the molecule is Oc1ccccc1-c1nc(-c2ccc(C(F)(F)F)cc2)no1. The van der Waals surface area contributed by atoms with Crippen molar-refractivity contribution in [2.45, 2.75) is 6.18 Å². The maximum Gasteiger partial charge on any atom is 0.416 e. The number of phenolic OH excluding ortho intramolecular Hbond substituents is 1. The molecule has 0 spiro atoms.